The van der Waals surface area contributed by atoms with E-state index in [0.29, 0.717) is 12.8 Å². The molecule has 122 valence electrons. The summed E-state index contributed by atoms with van der Waals surface area (Å²) in [5.41, 5.74) is 0.882. The molecule has 0 saturated carbocycles. The van der Waals surface area contributed by atoms with Crippen molar-refractivity contribution in [3.05, 3.63) is 36.6 Å². The van der Waals surface area contributed by atoms with Crippen molar-refractivity contribution in [2.24, 2.45) is 0 Å². The van der Waals surface area contributed by atoms with E-state index in [2.05, 4.69) is 6.58 Å². The number of unbranched alkanes of at least 4 members (excludes halogenated alkanes) is 4. The number of ether oxygens (including phenoxy) is 1. The van der Waals surface area contributed by atoms with Crippen molar-refractivity contribution in [1.29, 1.82) is 0 Å². The van der Waals surface area contributed by atoms with Gasteiger partial charge in [0, 0.05) is 25.6 Å². The normalized spacial score (nSPS) is 10.3. The van der Waals surface area contributed by atoms with Crippen molar-refractivity contribution in [2.45, 2.75) is 44.9 Å². The van der Waals surface area contributed by atoms with Crippen LogP contribution in [0.2, 0.25) is 0 Å². The summed E-state index contributed by atoms with van der Waals surface area (Å²) in [5.74, 6) is 1.18. The van der Waals surface area contributed by atoms with Crippen LogP contribution in [0, 0.1) is 0 Å². The number of rotatable bonds is 10. The first kappa shape index (κ1) is 18.1. The zero-order valence-corrected chi connectivity index (χ0v) is 13.7. The number of aliphatic hydroxyl groups is 1. The Bertz CT molecular complexity index is 468. The van der Waals surface area contributed by atoms with Crippen LogP contribution in [0.15, 0.2) is 36.6 Å². The van der Waals surface area contributed by atoms with E-state index in [9.17, 15) is 4.79 Å². The molecule has 0 aliphatic heterocycles. The molecule has 1 amide bonds. The third-order valence-corrected chi connectivity index (χ3v) is 3.69. The van der Waals surface area contributed by atoms with Crippen molar-refractivity contribution < 1.29 is 14.6 Å². The van der Waals surface area contributed by atoms with Crippen molar-refractivity contribution in [1.82, 2.24) is 0 Å². The maximum absolute atomic E-state index is 12.1. The summed E-state index contributed by atoms with van der Waals surface area (Å²) >= 11 is 0. The van der Waals surface area contributed by atoms with Crippen molar-refractivity contribution in [3.63, 3.8) is 0 Å². The second-order valence-electron chi connectivity index (χ2n) is 5.48. The van der Waals surface area contributed by atoms with Gasteiger partial charge in [-0.3, -0.25) is 4.79 Å². The Hall–Kier alpha value is -1.97. The summed E-state index contributed by atoms with van der Waals surface area (Å²) in [6, 6.07) is 7.49. The first-order valence-electron chi connectivity index (χ1n) is 7.82. The van der Waals surface area contributed by atoms with E-state index in [4.69, 9.17) is 9.84 Å². The van der Waals surface area contributed by atoms with Gasteiger partial charge in [-0.1, -0.05) is 25.8 Å². The molecule has 0 heterocycles. The molecule has 0 saturated heterocycles. The standard InChI is InChI=1S/C18H27NO3/c1-15(20)9-7-5-4-6-8-10-18(21)19(2)16-11-13-17(22-3)14-12-16/h11-14,20H,1,4-10H2,2-3H3. The van der Waals surface area contributed by atoms with Gasteiger partial charge < -0.3 is 14.7 Å². The smallest absolute Gasteiger partial charge is 0.226 e. The van der Waals surface area contributed by atoms with Crippen LogP contribution in [-0.2, 0) is 4.79 Å². The highest BCUT2D eigenvalue weighted by molar-refractivity contribution is 5.92. The van der Waals surface area contributed by atoms with Gasteiger partial charge in [0.05, 0.1) is 12.9 Å². The number of carbonyl (C=O) groups is 1. The predicted molar refractivity (Wildman–Crippen MR) is 90.5 cm³/mol. The number of allylic oxidation sites excluding steroid dienone is 1. The van der Waals surface area contributed by atoms with Crippen LogP contribution in [-0.4, -0.2) is 25.2 Å². The summed E-state index contributed by atoms with van der Waals surface area (Å²) in [5, 5.41) is 8.98. The summed E-state index contributed by atoms with van der Waals surface area (Å²) in [7, 11) is 3.43. The van der Waals surface area contributed by atoms with Gasteiger partial charge in [0.1, 0.15) is 5.75 Å². The lowest BCUT2D eigenvalue weighted by Gasteiger charge is -2.17. The van der Waals surface area contributed by atoms with Gasteiger partial charge in [-0.15, -0.1) is 0 Å². The molecular formula is C18H27NO3. The number of nitrogens with zero attached hydrogens (tertiary/aromatic N) is 1. The molecule has 0 aliphatic rings. The van der Waals surface area contributed by atoms with Gasteiger partial charge in [0.25, 0.3) is 0 Å². The molecule has 0 aliphatic carbocycles. The molecule has 1 rings (SSSR count). The minimum absolute atomic E-state index is 0.133. The van der Waals surface area contributed by atoms with Crippen molar-refractivity contribution in [2.75, 3.05) is 19.1 Å². The van der Waals surface area contributed by atoms with Gasteiger partial charge in [0.15, 0.2) is 0 Å². The van der Waals surface area contributed by atoms with Crippen LogP contribution in [0.25, 0.3) is 0 Å². The third-order valence-electron chi connectivity index (χ3n) is 3.69. The molecule has 22 heavy (non-hydrogen) atoms. The molecule has 1 aromatic carbocycles. The number of anilines is 1. The van der Waals surface area contributed by atoms with Gasteiger partial charge in [-0.2, -0.15) is 0 Å². The monoisotopic (exact) mass is 305 g/mol. The first-order chi connectivity index (χ1) is 10.5. The number of hydrogen-bond acceptors (Lipinski definition) is 3. The Labute approximate surface area is 133 Å². The lowest BCUT2D eigenvalue weighted by molar-refractivity contribution is -0.118. The number of aliphatic hydroxyl groups excluding tert-OH is 1. The second-order valence-corrected chi connectivity index (χ2v) is 5.48. The maximum Gasteiger partial charge on any atom is 0.226 e. The molecular weight excluding hydrogens is 278 g/mol. The van der Waals surface area contributed by atoms with Crippen LogP contribution in [0.5, 0.6) is 5.75 Å². The van der Waals surface area contributed by atoms with Crippen LogP contribution >= 0.6 is 0 Å². The molecule has 0 radical (unpaired) electrons. The fourth-order valence-corrected chi connectivity index (χ4v) is 2.25. The van der Waals surface area contributed by atoms with Gasteiger partial charge in [-0.25, -0.2) is 0 Å². The number of hydrogen-bond donors (Lipinski definition) is 1. The Kier molecular flexibility index (Phi) is 8.11. The summed E-state index contributed by atoms with van der Waals surface area (Å²) < 4.78 is 5.11. The van der Waals surface area contributed by atoms with Gasteiger partial charge in [0.2, 0.25) is 5.91 Å². The number of amides is 1. The zero-order valence-electron chi connectivity index (χ0n) is 13.7. The quantitative estimate of drug-likeness (QED) is 0.513. The highest BCUT2D eigenvalue weighted by Crippen LogP contribution is 2.19. The lowest BCUT2D eigenvalue weighted by Crippen LogP contribution is -2.25. The maximum atomic E-state index is 12.1. The topological polar surface area (TPSA) is 49.8 Å². The van der Waals surface area contributed by atoms with Crippen LogP contribution in [0.3, 0.4) is 0 Å². The van der Waals surface area contributed by atoms with E-state index in [1.54, 1.807) is 19.1 Å². The number of benzene rings is 1. The van der Waals surface area contributed by atoms with E-state index in [1.165, 1.54) is 0 Å². The third kappa shape index (κ3) is 6.66. The van der Waals surface area contributed by atoms with Gasteiger partial charge in [-0.05, 0) is 37.1 Å². The Balaban J connectivity index is 2.22. The molecule has 0 bridgehead atoms. The molecule has 4 heteroatoms. The largest absolute Gasteiger partial charge is 0.513 e. The lowest BCUT2D eigenvalue weighted by atomic mass is 10.1. The molecule has 0 unspecified atom stereocenters. The molecule has 1 aromatic rings. The van der Waals surface area contributed by atoms with E-state index in [1.807, 2.05) is 24.3 Å². The van der Waals surface area contributed by atoms with Crippen LogP contribution < -0.4 is 9.64 Å². The minimum atomic E-state index is 0.133. The van der Waals surface area contributed by atoms with Crippen molar-refractivity contribution in [3.8, 4) is 5.75 Å². The Morgan fingerprint density at radius 2 is 1.64 bits per heavy atom. The fraction of sp³-hybridized carbons (Fsp3) is 0.500. The fourth-order valence-electron chi connectivity index (χ4n) is 2.25. The average Bonchev–Trinajstić information content (AvgIpc) is 2.52. The minimum Gasteiger partial charge on any atom is -0.513 e. The van der Waals surface area contributed by atoms with Crippen LogP contribution in [0.1, 0.15) is 44.9 Å². The number of methoxy groups -OCH3 is 1. The van der Waals surface area contributed by atoms with E-state index < -0.39 is 0 Å². The van der Waals surface area contributed by atoms with E-state index in [-0.39, 0.29) is 11.7 Å². The SMILES string of the molecule is C=C(O)CCCCCCCC(=O)N(C)c1ccc(OC)cc1. The highest BCUT2D eigenvalue weighted by Gasteiger charge is 2.10. The highest BCUT2D eigenvalue weighted by atomic mass is 16.5. The average molecular weight is 305 g/mol. The molecule has 4 nitrogen and oxygen atoms in total. The molecule has 0 spiro atoms. The number of carbonyl (C=O) groups excluding carboxylic acids is 1. The van der Waals surface area contributed by atoms with Crippen LogP contribution in [0.4, 0.5) is 5.69 Å². The zero-order chi connectivity index (χ0) is 16.4. The van der Waals surface area contributed by atoms with E-state index >= 15 is 0 Å². The first-order valence-corrected chi connectivity index (χ1v) is 7.82. The predicted octanol–water partition coefficient (Wildman–Crippen LogP) is 4.46. The molecule has 0 fully saturated rings. The second kappa shape index (κ2) is 9.87. The molecule has 1 N–H and O–H groups in total. The van der Waals surface area contributed by atoms with E-state index in [0.717, 1.165) is 43.5 Å². The Morgan fingerprint density at radius 3 is 2.18 bits per heavy atom. The molecule has 0 aromatic heterocycles. The molecule has 0 atom stereocenters. The van der Waals surface area contributed by atoms with Gasteiger partial charge >= 0.3 is 0 Å². The van der Waals surface area contributed by atoms with Crippen molar-refractivity contribution >= 4 is 11.6 Å². The summed E-state index contributed by atoms with van der Waals surface area (Å²) in [6.07, 6.45) is 6.32. The summed E-state index contributed by atoms with van der Waals surface area (Å²) in [4.78, 5) is 13.8. The Morgan fingerprint density at radius 1 is 1.09 bits per heavy atom. The summed E-state index contributed by atoms with van der Waals surface area (Å²) in [6.45, 7) is 3.47.